The van der Waals surface area contributed by atoms with Crippen molar-refractivity contribution in [2.75, 3.05) is 39.3 Å². The van der Waals surface area contributed by atoms with Crippen LogP contribution in [0.3, 0.4) is 0 Å². The van der Waals surface area contributed by atoms with Crippen LogP contribution in [0.1, 0.15) is 31.2 Å². The molecule has 1 amide bonds. The standard InChI is InChI=1S/C25H34N4O2/c1-19-4-2-3-5-23(19)25-26-10-13-28(25)16-22-17-29(24(30)18-31-22)15-21-8-11-27(12-9-21)14-20-6-7-20/h2-5,10,13,20-22H,6-9,11-12,14-18H2,1H3. The Morgan fingerprint density at radius 3 is 2.58 bits per heavy atom. The fourth-order valence-corrected chi connectivity index (χ4v) is 5.04. The van der Waals surface area contributed by atoms with Crippen molar-refractivity contribution in [3.8, 4) is 11.4 Å². The van der Waals surface area contributed by atoms with Gasteiger partial charge in [0, 0.05) is 37.6 Å². The van der Waals surface area contributed by atoms with Gasteiger partial charge in [-0.25, -0.2) is 4.98 Å². The molecule has 166 valence electrons. The zero-order valence-corrected chi connectivity index (χ0v) is 18.6. The van der Waals surface area contributed by atoms with Crippen molar-refractivity contribution >= 4 is 5.91 Å². The van der Waals surface area contributed by atoms with Crippen LogP contribution in [-0.2, 0) is 16.1 Å². The molecule has 5 rings (SSSR count). The van der Waals surface area contributed by atoms with Crippen LogP contribution in [0.4, 0.5) is 0 Å². The van der Waals surface area contributed by atoms with Gasteiger partial charge < -0.3 is 19.1 Å². The molecule has 2 aromatic rings. The predicted octanol–water partition coefficient (Wildman–Crippen LogP) is 3.21. The van der Waals surface area contributed by atoms with Gasteiger partial charge in [0.05, 0.1) is 12.6 Å². The van der Waals surface area contributed by atoms with Crippen molar-refractivity contribution in [1.29, 1.82) is 0 Å². The zero-order chi connectivity index (χ0) is 21.2. The van der Waals surface area contributed by atoms with Crippen molar-refractivity contribution in [3.63, 3.8) is 0 Å². The van der Waals surface area contributed by atoms with Crippen LogP contribution in [0.5, 0.6) is 0 Å². The van der Waals surface area contributed by atoms with E-state index in [1.807, 2.05) is 12.4 Å². The number of carbonyl (C=O) groups is 1. The van der Waals surface area contributed by atoms with Crippen molar-refractivity contribution in [3.05, 3.63) is 42.2 Å². The van der Waals surface area contributed by atoms with Gasteiger partial charge in [0.15, 0.2) is 0 Å². The average molecular weight is 423 g/mol. The summed E-state index contributed by atoms with van der Waals surface area (Å²) in [7, 11) is 0. The minimum absolute atomic E-state index is 0.00428. The van der Waals surface area contributed by atoms with E-state index in [9.17, 15) is 4.79 Å². The summed E-state index contributed by atoms with van der Waals surface area (Å²) in [5.41, 5.74) is 2.36. The van der Waals surface area contributed by atoms with Gasteiger partial charge >= 0.3 is 0 Å². The number of piperidine rings is 1. The van der Waals surface area contributed by atoms with Gasteiger partial charge in [0.25, 0.3) is 0 Å². The highest BCUT2D eigenvalue weighted by Crippen LogP contribution is 2.31. The number of amides is 1. The summed E-state index contributed by atoms with van der Waals surface area (Å²) < 4.78 is 8.09. The van der Waals surface area contributed by atoms with E-state index in [1.165, 1.54) is 50.9 Å². The van der Waals surface area contributed by atoms with Crippen LogP contribution in [0.15, 0.2) is 36.7 Å². The van der Waals surface area contributed by atoms with E-state index in [0.717, 1.165) is 23.9 Å². The molecule has 0 radical (unpaired) electrons. The monoisotopic (exact) mass is 422 g/mol. The van der Waals surface area contributed by atoms with Gasteiger partial charge in [-0.3, -0.25) is 4.79 Å². The molecular weight excluding hydrogens is 388 g/mol. The third-order valence-electron chi connectivity index (χ3n) is 7.12. The Hall–Kier alpha value is -2.18. The molecule has 2 saturated heterocycles. The van der Waals surface area contributed by atoms with Gasteiger partial charge in [-0.2, -0.15) is 0 Å². The number of imidazole rings is 1. The lowest BCUT2D eigenvalue weighted by Crippen LogP contribution is -2.50. The highest BCUT2D eigenvalue weighted by Gasteiger charge is 2.31. The molecular formula is C25H34N4O2. The molecule has 1 aliphatic carbocycles. The Kier molecular flexibility index (Phi) is 6.10. The average Bonchev–Trinajstić information content (AvgIpc) is 3.48. The van der Waals surface area contributed by atoms with Crippen LogP contribution in [0, 0.1) is 18.8 Å². The number of aryl methyl sites for hydroxylation is 1. The van der Waals surface area contributed by atoms with Crippen LogP contribution in [0.25, 0.3) is 11.4 Å². The molecule has 0 spiro atoms. The largest absolute Gasteiger partial charge is 0.365 e. The fraction of sp³-hybridized carbons (Fsp3) is 0.600. The minimum atomic E-state index is 0.00428. The van der Waals surface area contributed by atoms with E-state index in [1.54, 1.807) is 0 Å². The first-order valence-electron chi connectivity index (χ1n) is 11.8. The Bertz CT molecular complexity index is 898. The third-order valence-corrected chi connectivity index (χ3v) is 7.12. The maximum absolute atomic E-state index is 12.5. The molecule has 31 heavy (non-hydrogen) atoms. The summed E-state index contributed by atoms with van der Waals surface area (Å²) in [6.07, 6.45) is 9.13. The van der Waals surface area contributed by atoms with Gasteiger partial charge in [-0.05, 0) is 63.1 Å². The molecule has 3 aliphatic rings. The van der Waals surface area contributed by atoms with Crippen molar-refractivity contribution in [1.82, 2.24) is 19.4 Å². The SMILES string of the molecule is Cc1ccccc1-c1nccn1CC1CN(CC2CCN(CC3CC3)CC2)C(=O)CO1. The summed E-state index contributed by atoms with van der Waals surface area (Å²) in [5.74, 6) is 2.69. The molecule has 1 aromatic carbocycles. The highest BCUT2D eigenvalue weighted by molar-refractivity contribution is 5.78. The molecule has 2 aliphatic heterocycles. The Morgan fingerprint density at radius 2 is 1.81 bits per heavy atom. The van der Waals surface area contributed by atoms with Gasteiger partial charge in [0.1, 0.15) is 12.4 Å². The van der Waals surface area contributed by atoms with E-state index in [4.69, 9.17) is 4.74 Å². The lowest BCUT2D eigenvalue weighted by atomic mass is 9.95. The lowest BCUT2D eigenvalue weighted by Gasteiger charge is -2.38. The quantitative estimate of drug-likeness (QED) is 0.688. The number of nitrogens with zero attached hydrogens (tertiary/aromatic N) is 4. The van der Waals surface area contributed by atoms with E-state index >= 15 is 0 Å². The first kappa shape index (κ1) is 20.7. The molecule has 0 bridgehead atoms. The third kappa shape index (κ3) is 5.01. The first-order valence-corrected chi connectivity index (χ1v) is 11.8. The highest BCUT2D eigenvalue weighted by atomic mass is 16.5. The number of morpholine rings is 1. The molecule has 1 unspecified atom stereocenters. The molecule has 1 saturated carbocycles. The Labute approximate surface area is 185 Å². The number of benzene rings is 1. The topological polar surface area (TPSA) is 50.6 Å². The smallest absolute Gasteiger partial charge is 0.248 e. The van der Waals surface area contributed by atoms with E-state index < -0.39 is 0 Å². The molecule has 1 aromatic heterocycles. The zero-order valence-electron chi connectivity index (χ0n) is 18.6. The van der Waals surface area contributed by atoms with Crippen LogP contribution < -0.4 is 0 Å². The number of hydrogen-bond acceptors (Lipinski definition) is 4. The number of likely N-dealkylation sites (tertiary alicyclic amines) is 1. The summed E-state index contributed by atoms with van der Waals surface area (Å²) in [6.45, 7) is 8.25. The van der Waals surface area contributed by atoms with Crippen molar-refractivity contribution < 1.29 is 9.53 Å². The number of hydrogen-bond donors (Lipinski definition) is 0. The molecule has 0 N–H and O–H groups in total. The van der Waals surface area contributed by atoms with Crippen molar-refractivity contribution in [2.24, 2.45) is 11.8 Å². The normalized spacial score (nSPS) is 23.5. The number of ether oxygens (including phenoxy) is 1. The maximum Gasteiger partial charge on any atom is 0.248 e. The van der Waals surface area contributed by atoms with Crippen LogP contribution in [0.2, 0.25) is 0 Å². The molecule has 6 heteroatoms. The second-order valence-electron chi connectivity index (χ2n) is 9.64. The van der Waals surface area contributed by atoms with Crippen LogP contribution >= 0.6 is 0 Å². The number of rotatable bonds is 7. The van der Waals surface area contributed by atoms with Crippen LogP contribution in [-0.4, -0.2) is 70.7 Å². The minimum Gasteiger partial charge on any atom is -0.365 e. The summed E-state index contributed by atoms with van der Waals surface area (Å²) in [6, 6.07) is 8.33. The predicted molar refractivity (Wildman–Crippen MR) is 121 cm³/mol. The maximum atomic E-state index is 12.5. The van der Waals surface area contributed by atoms with E-state index in [2.05, 4.69) is 50.5 Å². The Balaban J connectivity index is 1.18. The van der Waals surface area contributed by atoms with Crippen molar-refractivity contribution in [2.45, 2.75) is 45.3 Å². The number of aromatic nitrogens is 2. The van der Waals surface area contributed by atoms with E-state index in [-0.39, 0.29) is 18.6 Å². The lowest BCUT2D eigenvalue weighted by molar-refractivity contribution is -0.150. The molecule has 3 fully saturated rings. The number of carbonyl (C=O) groups excluding carboxylic acids is 1. The first-order chi connectivity index (χ1) is 15.2. The summed E-state index contributed by atoms with van der Waals surface area (Å²) in [5, 5.41) is 0. The summed E-state index contributed by atoms with van der Waals surface area (Å²) in [4.78, 5) is 21.8. The molecule has 6 nitrogen and oxygen atoms in total. The molecule has 3 heterocycles. The van der Waals surface area contributed by atoms with Gasteiger partial charge in [-0.15, -0.1) is 0 Å². The van der Waals surface area contributed by atoms with Gasteiger partial charge in [-0.1, -0.05) is 24.3 Å². The molecule has 1 atom stereocenters. The Morgan fingerprint density at radius 1 is 1.03 bits per heavy atom. The fourth-order valence-electron chi connectivity index (χ4n) is 5.04. The second kappa shape index (κ2) is 9.13. The second-order valence-corrected chi connectivity index (χ2v) is 9.64. The van der Waals surface area contributed by atoms with Gasteiger partial charge in [0.2, 0.25) is 5.91 Å². The van der Waals surface area contributed by atoms with E-state index in [0.29, 0.717) is 19.0 Å². The summed E-state index contributed by atoms with van der Waals surface area (Å²) >= 11 is 0.